The van der Waals surface area contributed by atoms with E-state index >= 15 is 0 Å². The van der Waals surface area contributed by atoms with Crippen LogP contribution < -0.4 is 5.32 Å². The van der Waals surface area contributed by atoms with Crippen molar-refractivity contribution >= 4 is 43.3 Å². The normalized spacial score (nSPS) is 20.0. The van der Waals surface area contributed by atoms with E-state index in [0.29, 0.717) is 24.7 Å². The smallest absolute Gasteiger partial charge is 0.193 e. The Bertz CT molecular complexity index is 735. The molecule has 5 nitrogen and oxygen atoms in total. The molecular formula is C16H23BrClN3O2S. The Morgan fingerprint density at radius 3 is 2.79 bits per heavy atom. The zero-order valence-electron chi connectivity index (χ0n) is 14.1. The van der Waals surface area contributed by atoms with Crippen LogP contribution in [-0.4, -0.2) is 56.5 Å². The van der Waals surface area contributed by atoms with Crippen molar-refractivity contribution in [2.24, 2.45) is 4.99 Å². The number of halogens is 2. The Hall–Kier alpha value is -0.790. The summed E-state index contributed by atoms with van der Waals surface area (Å²) < 4.78 is 24.5. The summed E-state index contributed by atoms with van der Waals surface area (Å²) in [5.41, 5.74) is 1.12. The highest BCUT2D eigenvalue weighted by Gasteiger charge is 2.40. The van der Waals surface area contributed by atoms with Crippen molar-refractivity contribution in [2.75, 3.05) is 32.4 Å². The van der Waals surface area contributed by atoms with Crippen LogP contribution in [0.4, 0.5) is 0 Å². The van der Waals surface area contributed by atoms with E-state index in [0.717, 1.165) is 22.4 Å². The first-order valence-corrected chi connectivity index (χ1v) is 10.6. The minimum absolute atomic E-state index is 0.153. The summed E-state index contributed by atoms with van der Waals surface area (Å²) in [5.74, 6) is 0.886. The highest BCUT2D eigenvalue weighted by molar-refractivity contribution is 9.10. The van der Waals surface area contributed by atoms with E-state index in [9.17, 15) is 8.42 Å². The van der Waals surface area contributed by atoms with Gasteiger partial charge in [-0.15, -0.1) is 0 Å². The van der Waals surface area contributed by atoms with Crippen molar-refractivity contribution < 1.29 is 8.42 Å². The van der Waals surface area contributed by atoms with E-state index in [1.807, 2.05) is 23.1 Å². The lowest BCUT2D eigenvalue weighted by molar-refractivity contribution is 0.353. The molecule has 1 heterocycles. The van der Waals surface area contributed by atoms with Gasteiger partial charge in [0.1, 0.15) is 0 Å². The van der Waals surface area contributed by atoms with Crippen molar-refractivity contribution in [1.82, 2.24) is 10.2 Å². The molecule has 0 saturated carbocycles. The lowest BCUT2D eigenvalue weighted by Gasteiger charge is -2.39. The van der Waals surface area contributed by atoms with Gasteiger partial charge in [-0.05, 0) is 44.0 Å². The summed E-state index contributed by atoms with van der Waals surface area (Å²) in [7, 11) is -1.34. The minimum atomic E-state index is -3.05. The van der Waals surface area contributed by atoms with E-state index in [-0.39, 0.29) is 5.75 Å². The van der Waals surface area contributed by atoms with Crippen molar-refractivity contribution in [1.29, 1.82) is 0 Å². The van der Waals surface area contributed by atoms with E-state index in [4.69, 9.17) is 11.6 Å². The summed E-state index contributed by atoms with van der Waals surface area (Å²) in [6.07, 6.45) is 0.787. The van der Waals surface area contributed by atoms with Gasteiger partial charge in [0, 0.05) is 36.2 Å². The predicted octanol–water partition coefficient (Wildman–Crippen LogP) is 2.73. The van der Waals surface area contributed by atoms with E-state index in [1.165, 1.54) is 0 Å². The molecule has 0 aliphatic carbocycles. The van der Waals surface area contributed by atoms with E-state index < -0.39 is 14.6 Å². The highest BCUT2D eigenvalue weighted by Crippen LogP contribution is 2.24. The van der Waals surface area contributed by atoms with Crippen molar-refractivity contribution in [3.05, 3.63) is 33.3 Å². The first-order valence-electron chi connectivity index (χ1n) is 7.78. The topological polar surface area (TPSA) is 61.8 Å². The summed E-state index contributed by atoms with van der Waals surface area (Å²) in [6, 6.07) is 5.72. The molecule has 0 unspecified atom stereocenters. The first-order chi connectivity index (χ1) is 11.2. The standard InChI is InChI=1S/C16H23BrClN3O2S/c1-16(2)11-21(8-9-24(16,22)23)15(19-3)20-7-6-12-10-13(18)4-5-14(12)17/h4-5,10H,6-9,11H2,1-3H3,(H,19,20). The van der Waals surface area contributed by atoms with Gasteiger partial charge in [0.2, 0.25) is 0 Å². The van der Waals surface area contributed by atoms with Crippen LogP contribution in [0.25, 0.3) is 0 Å². The number of sulfone groups is 1. The average molecular weight is 437 g/mol. The summed E-state index contributed by atoms with van der Waals surface area (Å²) in [6.45, 7) is 5.13. The molecular weight excluding hydrogens is 414 g/mol. The third kappa shape index (κ3) is 4.43. The summed E-state index contributed by atoms with van der Waals surface area (Å²) in [4.78, 5) is 6.30. The Morgan fingerprint density at radius 2 is 2.17 bits per heavy atom. The Balaban J connectivity index is 1.97. The fourth-order valence-corrected chi connectivity index (χ4v) is 4.71. The molecule has 0 atom stereocenters. The Kier molecular flexibility index (Phi) is 6.20. The summed E-state index contributed by atoms with van der Waals surface area (Å²) in [5, 5.41) is 4.03. The quantitative estimate of drug-likeness (QED) is 0.584. The molecule has 1 aromatic rings. The highest BCUT2D eigenvalue weighted by atomic mass is 79.9. The van der Waals surface area contributed by atoms with Gasteiger partial charge in [0.05, 0.1) is 10.5 Å². The van der Waals surface area contributed by atoms with Gasteiger partial charge in [-0.3, -0.25) is 4.99 Å². The van der Waals surface area contributed by atoms with E-state index in [2.05, 4.69) is 26.2 Å². The van der Waals surface area contributed by atoms with Crippen LogP contribution in [0.1, 0.15) is 19.4 Å². The van der Waals surface area contributed by atoms with Crippen LogP contribution in [0, 0.1) is 0 Å². The van der Waals surface area contributed by atoms with Crippen LogP contribution in [-0.2, 0) is 16.3 Å². The Labute approximate surface area is 157 Å². The molecule has 1 aliphatic heterocycles. The first kappa shape index (κ1) is 19.5. The molecule has 2 rings (SSSR count). The second-order valence-electron chi connectivity index (χ2n) is 6.46. The molecule has 0 aromatic heterocycles. The molecule has 0 bridgehead atoms. The third-order valence-electron chi connectivity index (χ3n) is 4.24. The minimum Gasteiger partial charge on any atom is -0.356 e. The number of aliphatic imine (C=N–C) groups is 1. The number of benzene rings is 1. The molecule has 0 amide bonds. The molecule has 1 aliphatic rings. The van der Waals surface area contributed by atoms with Gasteiger partial charge in [-0.25, -0.2) is 8.42 Å². The summed E-state index contributed by atoms with van der Waals surface area (Å²) >= 11 is 9.56. The molecule has 1 saturated heterocycles. The van der Waals surface area contributed by atoms with Gasteiger partial charge in [0.25, 0.3) is 0 Å². The maximum atomic E-state index is 12.1. The molecule has 0 radical (unpaired) electrons. The fraction of sp³-hybridized carbons (Fsp3) is 0.562. The van der Waals surface area contributed by atoms with Crippen LogP contribution in [0.15, 0.2) is 27.7 Å². The zero-order valence-corrected chi connectivity index (χ0v) is 17.3. The monoisotopic (exact) mass is 435 g/mol. The molecule has 1 aromatic carbocycles. The van der Waals surface area contributed by atoms with Crippen molar-refractivity contribution in [3.8, 4) is 0 Å². The maximum Gasteiger partial charge on any atom is 0.193 e. The molecule has 24 heavy (non-hydrogen) atoms. The van der Waals surface area contributed by atoms with Crippen molar-refractivity contribution in [3.63, 3.8) is 0 Å². The Morgan fingerprint density at radius 1 is 1.46 bits per heavy atom. The lowest BCUT2D eigenvalue weighted by Crippen LogP contribution is -2.57. The second-order valence-corrected chi connectivity index (χ2v) is 10.5. The molecule has 134 valence electrons. The van der Waals surface area contributed by atoms with Crippen LogP contribution in [0.5, 0.6) is 0 Å². The van der Waals surface area contributed by atoms with Crippen LogP contribution in [0.2, 0.25) is 5.02 Å². The zero-order chi connectivity index (χ0) is 18.0. The van der Waals surface area contributed by atoms with E-state index in [1.54, 1.807) is 20.9 Å². The second kappa shape index (κ2) is 7.62. The third-order valence-corrected chi connectivity index (χ3v) is 7.78. The van der Waals surface area contributed by atoms with Gasteiger partial charge in [-0.2, -0.15) is 0 Å². The number of nitrogens with zero attached hydrogens (tertiary/aromatic N) is 2. The van der Waals surface area contributed by atoms with Gasteiger partial charge in [-0.1, -0.05) is 27.5 Å². The average Bonchev–Trinajstić information content (AvgIpc) is 2.50. The van der Waals surface area contributed by atoms with Gasteiger partial charge < -0.3 is 10.2 Å². The number of nitrogens with one attached hydrogen (secondary N) is 1. The van der Waals surface area contributed by atoms with Crippen molar-refractivity contribution in [2.45, 2.75) is 25.0 Å². The lowest BCUT2D eigenvalue weighted by atomic mass is 10.1. The largest absolute Gasteiger partial charge is 0.356 e. The van der Waals surface area contributed by atoms with Gasteiger partial charge in [0.15, 0.2) is 15.8 Å². The number of rotatable bonds is 3. The molecule has 0 spiro atoms. The SMILES string of the molecule is CN=C(NCCc1cc(Cl)ccc1Br)N1CCS(=O)(=O)C(C)(C)C1. The maximum absolute atomic E-state index is 12.1. The number of guanidine groups is 1. The number of hydrogen-bond acceptors (Lipinski definition) is 3. The van der Waals surface area contributed by atoms with Crippen LogP contribution in [0.3, 0.4) is 0 Å². The fourth-order valence-electron chi connectivity index (χ4n) is 2.70. The predicted molar refractivity (Wildman–Crippen MR) is 104 cm³/mol. The molecule has 8 heteroatoms. The number of hydrogen-bond donors (Lipinski definition) is 1. The van der Waals surface area contributed by atoms with Gasteiger partial charge >= 0.3 is 0 Å². The molecule has 1 fully saturated rings. The van der Waals surface area contributed by atoms with Crippen LogP contribution >= 0.6 is 27.5 Å². The molecule has 1 N–H and O–H groups in total.